The van der Waals surface area contributed by atoms with Gasteiger partial charge in [-0.3, -0.25) is 14.7 Å². The Morgan fingerprint density at radius 3 is 2.15 bits per heavy atom. The predicted molar refractivity (Wildman–Crippen MR) is 132 cm³/mol. The van der Waals surface area contributed by atoms with Gasteiger partial charge < -0.3 is 14.7 Å². The lowest BCUT2D eigenvalue weighted by Gasteiger charge is -2.39. The van der Waals surface area contributed by atoms with Gasteiger partial charge in [-0.05, 0) is 29.7 Å². The predicted octanol–water partition coefficient (Wildman–Crippen LogP) is 2.28. The van der Waals surface area contributed by atoms with E-state index < -0.39 is 5.60 Å². The molecule has 2 aromatic rings. The van der Waals surface area contributed by atoms with E-state index in [0.717, 1.165) is 91.6 Å². The molecule has 1 N–H and O–H groups in total. The van der Waals surface area contributed by atoms with Gasteiger partial charge in [0.15, 0.2) is 0 Å². The van der Waals surface area contributed by atoms with Crippen LogP contribution in [-0.4, -0.2) is 97.5 Å². The summed E-state index contributed by atoms with van der Waals surface area (Å²) in [6, 6.07) is 19.6. The van der Waals surface area contributed by atoms with Crippen LogP contribution in [0.25, 0.3) is 0 Å². The number of β-amino-alcohol motifs (C(OH)–C–C–N with tert-alkyl or cyclic N) is 1. The first-order valence-corrected chi connectivity index (χ1v) is 12.5. The number of likely N-dealkylation sites (tertiary alicyclic amines) is 1. The molecule has 3 fully saturated rings. The number of ether oxygens (including phenoxy) is 1. The second kappa shape index (κ2) is 10.5. The van der Waals surface area contributed by atoms with Crippen molar-refractivity contribution in [1.82, 2.24) is 14.7 Å². The van der Waals surface area contributed by atoms with Gasteiger partial charge in [-0.25, -0.2) is 0 Å². The van der Waals surface area contributed by atoms with Gasteiger partial charge in [0.05, 0.1) is 18.8 Å². The van der Waals surface area contributed by atoms with Gasteiger partial charge in [0.25, 0.3) is 0 Å². The van der Waals surface area contributed by atoms with Crippen LogP contribution in [0.3, 0.4) is 0 Å². The molecule has 3 aliphatic heterocycles. The lowest BCUT2D eigenvalue weighted by molar-refractivity contribution is 0.00978. The summed E-state index contributed by atoms with van der Waals surface area (Å²) in [4.78, 5) is 9.79. The average molecular weight is 451 g/mol. The zero-order valence-corrected chi connectivity index (χ0v) is 19.7. The van der Waals surface area contributed by atoms with Crippen LogP contribution in [0.5, 0.6) is 0 Å². The number of para-hydroxylation sites is 1. The van der Waals surface area contributed by atoms with E-state index in [-0.39, 0.29) is 0 Å². The molecule has 0 spiro atoms. The second-order valence-corrected chi connectivity index (χ2v) is 9.99. The minimum Gasteiger partial charge on any atom is -0.387 e. The number of nitrogens with zero attached hydrogens (tertiary/aromatic N) is 4. The third-order valence-corrected chi connectivity index (χ3v) is 7.33. The number of hydrogen-bond acceptors (Lipinski definition) is 6. The minimum atomic E-state index is -0.597. The van der Waals surface area contributed by atoms with Crippen LogP contribution < -0.4 is 4.90 Å². The van der Waals surface area contributed by atoms with Crippen molar-refractivity contribution in [2.24, 2.45) is 0 Å². The molecule has 0 bridgehead atoms. The Kier molecular flexibility index (Phi) is 7.28. The lowest BCUT2D eigenvalue weighted by Crippen LogP contribution is -2.52. The van der Waals surface area contributed by atoms with Gasteiger partial charge in [0, 0.05) is 77.7 Å². The first kappa shape index (κ1) is 22.8. The average Bonchev–Trinajstić information content (AvgIpc) is 3.21. The van der Waals surface area contributed by atoms with E-state index in [1.165, 1.54) is 16.8 Å². The number of aliphatic hydroxyl groups is 1. The van der Waals surface area contributed by atoms with E-state index in [4.69, 9.17) is 4.74 Å². The molecule has 0 aromatic heterocycles. The highest BCUT2D eigenvalue weighted by Crippen LogP contribution is 2.25. The summed E-state index contributed by atoms with van der Waals surface area (Å²) < 4.78 is 5.47. The summed E-state index contributed by atoms with van der Waals surface area (Å²) >= 11 is 0. The summed E-state index contributed by atoms with van der Waals surface area (Å²) in [5.41, 5.74) is 3.43. The van der Waals surface area contributed by atoms with Gasteiger partial charge in [-0.15, -0.1) is 0 Å². The van der Waals surface area contributed by atoms with Crippen LogP contribution in [0.1, 0.15) is 17.5 Å². The standard InChI is InChI=1S/C27H38N4O2/c32-27(22-29-11-13-31(14-12-29)26-7-2-1-3-8-26)9-10-30(23-27)21-25-6-4-5-24(19-25)20-28-15-17-33-18-16-28/h1-8,19,32H,9-18,20-23H2/t27-/m1/s1. The van der Waals surface area contributed by atoms with Gasteiger partial charge in [0.2, 0.25) is 0 Å². The van der Waals surface area contributed by atoms with Crippen molar-refractivity contribution in [2.75, 3.05) is 77.0 Å². The molecule has 6 heteroatoms. The molecule has 1 atom stereocenters. The third kappa shape index (κ3) is 6.14. The summed E-state index contributed by atoms with van der Waals surface area (Å²) in [7, 11) is 0. The van der Waals surface area contributed by atoms with Crippen LogP contribution >= 0.6 is 0 Å². The van der Waals surface area contributed by atoms with Crippen LogP contribution in [0.15, 0.2) is 54.6 Å². The minimum absolute atomic E-state index is 0.597. The quantitative estimate of drug-likeness (QED) is 0.698. The summed E-state index contributed by atoms with van der Waals surface area (Å²) in [5.74, 6) is 0. The Balaban J connectivity index is 1.10. The SMILES string of the molecule is O[C@@]1(CN2CCN(c3ccccc3)CC2)CCN(Cc2cccc(CN3CCOCC3)c2)C1. The highest BCUT2D eigenvalue weighted by Gasteiger charge is 2.38. The van der Waals surface area contributed by atoms with Crippen molar-refractivity contribution < 1.29 is 9.84 Å². The lowest BCUT2D eigenvalue weighted by atomic mass is 10.0. The van der Waals surface area contributed by atoms with Crippen molar-refractivity contribution in [2.45, 2.75) is 25.1 Å². The molecular weight excluding hydrogens is 412 g/mol. The maximum absolute atomic E-state index is 11.3. The highest BCUT2D eigenvalue weighted by molar-refractivity contribution is 5.46. The molecule has 0 amide bonds. The topological polar surface area (TPSA) is 42.4 Å². The van der Waals surface area contributed by atoms with Crippen molar-refractivity contribution in [3.8, 4) is 0 Å². The number of piperazine rings is 1. The summed E-state index contributed by atoms with van der Waals surface area (Å²) in [6.45, 7) is 12.2. The van der Waals surface area contributed by atoms with Crippen LogP contribution in [0.4, 0.5) is 5.69 Å². The second-order valence-electron chi connectivity index (χ2n) is 9.99. The fourth-order valence-corrected chi connectivity index (χ4v) is 5.53. The fourth-order valence-electron chi connectivity index (χ4n) is 5.53. The number of hydrogen-bond donors (Lipinski definition) is 1. The van der Waals surface area contributed by atoms with E-state index in [2.05, 4.69) is 74.2 Å². The third-order valence-electron chi connectivity index (χ3n) is 7.33. The van der Waals surface area contributed by atoms with E-state index in [1.54, 1.807) is 0 Å². The van der Waals surface area contributed by atoms with Crippen molar-refractivity contribution in [3.63, 3.8) is 0 Å². The number of benzene rings is 2. The van der Waals surface area contributed by atoms with Crippen molar-refractivity contribution in [3.05, 3.63) is 65.7 Å². The molecular formula is C27H38N4O2. The molecule has 3 heterocycles. The number of anilines is 1. The largest absolute Gasteiger partial charge is 0.387 e. The van der Waals surface area contributed by atoms with E-state index in [9.17, 15) is 5.11 Å². The van der Waals surface area contributed by atoms with E-state index >= 15 is 0 Å². The molecule has 0 radical (unpaired) electrons. The zero-order valence-electron chi connectivity index (χ0n) is 19.7. The molecule has 5 rings (SSSR count). The molecule has 33 heavy (non-hydrogen) atoms. The summed E-state index contributed by atoms with van der Waals surface area (Å²) in [6.07, 6.45) is 0.860. The molecule has 2 aromatic carbocycles. The fraction of sp³-hybridized carbons (Fsp3) is 0.556. The zero-order chi connectivity index (χ0) is 22.5. The molecule has 3 saturated heterocycles. The van der Waals surface area contributed by atoms with Crippen LogP contribution in [-0.2, 0) is 17.8 Å². The molecule has 6 nitrogen and oxygen atoms in total. The van der Waals surface area contributed by atoms with Gasteiger partial charge in [0.1, 0.15) is 0 Å². The van der Waals surface area contributed by atoms with Crippen LogP contribution in [0.2, 0.25) is 0 Å². The molecule has 0 unspecified atom stereocenters. The first-order valence-electron chi connectivity index (χ1n) is 12.5. The van der Waals surface area contributed by atoms with E-state index in [0.29, 0.717) is 0 Å². The van der Waals surface area contributed by atoms with Gasteiger partial charge >= 0.3 is 0 Å². The van der Waals surface area contributed by atoms with E-state index in [1.807, 2.05) is 0 Å². The maximum atomic E-state index is 11.3. The van der Waals surface area contributed by atoms with Gasteiger partial charge in [-0.1, -0.05) is 42.5 Å². The Hall–Kier alpha value is -1.96. The number of rotatable bonds is 7. The Morgan fingerprint density at radius 2 is 1.42 bits per heavy atom. The molecule has 3 aliphatic rings. The highest BCUT2D eigenvalue weighted by atomic mass is 16.5. The van der Waals surface area contributed by atoms with Crippen LogP contribution in [0, 0.1) is 0 Å². The molecule has 178 valence electrons. The first-order chi connectivity index (χ1) is 16.2. The van der Waals surface area contributed by atoms with Crippen molar-refractivity contribution >= 4 is 5.69 Å². The smallest absolute Gasteiger partial charge is 0.0912 e. The Labute approximate surface area is 198 Å². The normalized spacial score (nSPS) is 25.5. The van der Waals surface area contributed by atoms with Gasteiger partial charge in [-0.2, -0.15) is 0 Å². The molecule has 0 aliphatic carbocycles. The Morgan fingerprint density at radius 1 is 0.727 bits per heavy atom. The Bertz CT molecular complexity index is 881. The summed E-state index contributed by atoms with van der Waals surface area (Å²) in [5, 5.41) is 11.3. The maximum Gasteiger partial charge on any atom is 0.0912 e. The number of morpholine rings is 1. The molecule has 0 saturated carbocycles. The monoisotopic (exact) mass is 450 g/mol. The van der Waals surface area contributed by atoms with Crippen molar-refractivity contribution in [1.29, 1.82) is 0 Å².